The van der Waals surface area contributed by atoms with Gasteiger partial charge in [-0.05, 0) is 62.2 Å². The van der Waals surface area contributed by atoms with Gasteiger partial charge in [-0.15, -0.1) is 0 Å². The fourth-order valence-electron chi connectivity index (χ4n) is 4.18. The normalized spacial score (nSPS) is 12.5. The SMILES string of the molecule is CCC1=Nc2cc(C(=O)NCCCN(CC)Cc3ccccc3)ccc2Sc2ccc(C)cc21. The number of carbonyl (C=O) groups is 1. The van der Waals surface area contributed by atoms with E-state index < -0.39 is 0 Å². The van der Waals surface area contributed by atoms with Crippen LogP contribution >= 0.6 is 11.8 Å². The number of aliphatic imine (C=N–C) groups is 1. The van der Waals surface area contributed by atoms with E-state index in [0.717, 1.165) is 48.8 Å². The maximum absolute atomic E-state index is 12.9. The van der Waals surface area contributed by atoms with Crippen LogP contribution in [0.3, 0.4) is 0 Å². The maximum Gasteiger partial charge on any atom is 0.251 e. The first-order valence-electron chi connectivity index (χ1n) is 12.1. The number of nitrogens with zero attached hydrogens (tertiary/aromatic N) is 2. The van der Waals surface area contributed by atoms with Crippen molar-refractivity contribution >= 4 is 29.1 Å². The van der Waals surface area contributed by atoms with Crippen LogP contribution in [0.15, 0.2) is 81.5 Å². The third-order valence-electron chi connectivity index (χ3n) is 6.11. The first-order chi connectivity index (χ1) is 16.6. The van der Waals surface area contributed by atoms with Gasteiger partial charge in [0, 0.05) is 46.3 Å². The molecule has 34 heavy (non-hydrogen) atoms. The summed E-state index contributed by atoms with van der Waals surface area (Å²) < 4.78 is 0. The highest BCUT2D eigenvalue weighted by molar-refractivity contribution is 7.99. The number of hydrogen-bond acceptors (Lipinski definition) is 4. The molecule has 0 aromatic heterocycles. The van der Waals surface area contributed by atoms with Crippen molar-refractivity contribution in [3.63, 3.8) is 0 Å². The van der Waals surface area contributed by atoms with Gasteiger partial charge in [0.05, 0.1) is 5.69 Å². The van der Waals surface area contributed by atoms with Crippen molar-refractivity contribution in [2.45, 2.75) is 49.9 Å². The second kappa shape index (κ2) is 11.5. The molecule has 0 saturated heterocycles. The minimum atomic E-state index is -0.0373. The largest absolute Gasteiger partial charge is 0.352 e. The van der Waals surface area contributed by atoms with E-state index >= 15 is 0 Å². The minimum absolute atomic E-state index is 0.0373. The highest BCUT2D eigenvalue weighted by Gasteiger charge is 2.18. The molecule has 3 aromatic carbocycles. The summed E-state index contributed by atoms with van der Waals surface area (Å²) in [4.78, 5) is 22.5. The Morgan fingerprint density at radius 3 is 2.56 bits per heavy atom. The number of benzene rings is 3. The van der Waals surface area contributed by atoms with Crippen LogP contribution in [0.1, 0.15) is 53.7 Å². The van der Waals surface area contributed by atoms with Gasteiger partial charge in [0.25, 0.3) is 5.91 Å². The van der Waals surface area contributed by atoms with Gasteiger partial charge < -0.3 is 5.32 Å². The Morgan fingerprint density at radius 1 is 1.00 bits per heavy atom. The summed E-state index contributed by atoms with van der Waals surface area (Å²) in [6, 6.07) is 22.9. The first kappa shape index (κ1) is 24.2. The van der Waals surface area contributed by atoms with Gasteiger partial charge in [-0.1, -0.05) is 67.6 Å². The van der Waals surface area contributed by atoms with Crippen molar-refractivity contribution < 1.29 is 4.79 Å². The van der Waals surface area contributed by atoms with Gasteiger partial charge in [0.15, 0.2) is 0 Å². The predicted molar refractivity (Wildman–Crippen MR) is 143 cm³/mol. The summed E-state index contributed by atoms with van der Waals surface area (Å²) in [7, 11) is 0. The van der Waals surface area contributed by atoms with Crippen LogP contribution < -0.4 is 5.32 Å². The molecule has 0 bridgehead atoms. The van der Waals surface area contributed by atoms with E-state index in [1.165, 1.54) is 21.6 Å². The highest BCUT2D eigenvalue weighted by atomic mass is 32.2. The summed E-state index contributed by atoms with van der Waals surface area (Å²) >= 11 is 1.73. The molecule has 0 radical (unpaired) electrons. The molecule has 3 aromatic rings. The predicted octanol–water partition coefficient (Wildman–Crippen LogP) is 6.63. The van der Waals surface area contributed by atoms with Crippen molar-refractivity contribution in [1.29, 1.82) is 0 Å². The molecular weight excluding hydrogens is 438 g/mol. The molecular formula is C29H33N3OS. The molecule has 0 atom stereocenters. The number of aryl methyl sites for hydroxylation is 1. The van der Waals surface area contributed by atoms with Crippen molar-refractivity contribution in [2.24, 2.45) is 4.99 Å². The fourth-order valence-corrected chi connectivity index (χ4v) is 5.19. The molecule has 0 unspecified atom stereocenters. The zero-order chi connectivity index (χ0) is 23.9. The number of nitrogens with one attached hydrogen (secondary N) is 1. The molecule has 4 nitrogen and oxygen atoms in total. The molecule has 0 fully saturated rings. The smallest absolute Gasteiger partial charge is 0.251 e. The van der Waals surface area contributed by atoms with Crippen molar-refractivity contribution in [3.8, 4) is 0 Å². The summed E-state index contributed by atoms with van der Waals surface area (Å²) in [5, 5.41) is 3.09. The Labute approximate surface area is 207 Å². The van der Waals surface area contributed by atoms with Crippen LogP contribution in [-0.2, 0) is 6.54 Å². The minimum Gasteiger partial charge on any atom is -0.352 e. The summed E-state index contributed by atoms with van der Waals surface area (Å²) in [5.41, 5.74) is 6.37. The van der Waals surface area contributed by atoms with Crippen LogP contribution in [0.5, 0.6) is 0 Å². The molecule has 4 rings (SSSR count). The standard InChI is InChI=1S/C29H33N3OS/c1-4-25-24-18-21(3)12-14-27(24)34-28-15-13-23(19-26(28)31-25)29(33)30-16-9-17-32(5-2)20-22-10-7-6-8-11-22/h6-8,10-15,18-19H,4-5,9,16-17,20H2,1-3H3,(H,30,33). The molecule has 1 N–H and O–H groups in total. The van der Waals surface area contributed by atoms with E-state index in [-0.39, 0.29) is 5.91 Å². The Morgan fingerprint density at radius 2 is 1.79 bits per heavy atom. The maximum atomic E-state index is 12.9. The van der Waals surface area contributed by atoms with Gasteiger partial charge in [-0.2, -0.15) is 0 Å². The lowest BCUT2D eigenvalue weighted by Crippen LogP contribution is -2.29. The molecule has 0 spiro atoms. The summed E-state index contributed by atoms with van der Waals surface area (Å²) in [6.45, 7) is 9.96. The van der Waals surface area contributed by atoms with E-state index in [0.29, 0.717) is 12.1 Å². The zero-order valence-corrected chi connectivity index (χ0v) is 21.1. The Kier molecular flexibility index (Phi) is 8.20. The Hall–Kier alpha value is -2.89. The number of amides is 1. The van der Waals surface area contributed by atoms with Gasteiger partial charge >= 0.3 is 0 Å². The monoisotopic (exact) mass is 471 g/mol. The van der Waals surface area contributed by atoms with E-state index in [9.17, 15) is 4.79 Å². The first-order valence-corrected chi connectivity index (χ1v) is 12.9. The second-order valence-electron chi connectivity index (χ2n) is 8.66. The number of fused-ring (bicyclic) bond motifs is 2. The van der Waals surface area contributed by atoms with E-state index in [2.05, 4.69) is 73.5 Å². The van der Waals surface area contributed by atoms with Gasteiger partial charge in [0.2, 0.25) is 0 Å². The third kappa shape index (κ3) is 5.96. The molecule has 1 aliphatic heterocycles. The molecule has 176 valence electrons. The topological polar surface area (TPSA) is 44.7 Å². The average Bonchev–Trinajstić information content (AvgIpc) is 3.01. The molecule has 0 aliphatic carbocycles. The van der Waals surface area contributed by atoms with Crippen molar-refractivity contribution in [3.05, 3.63) is 89.0 Å². The number of rotatable bonds is 9. The van der Waals surface area contributed by atoms with E-state index in [1.54, 1.807) is 11.8 Å². The van der Waals surface area contributed by atoms with E-state index in [1.807, 2.05) is 24.3 Å². The number of hydrogen-bond donors (Lipinski definition) is 1. The number of carbonyl (C=O) groups excluding carboxylic acids is 1. The van der Waals surface area contributed by atoms with Crippen LogP contribution in [0.2, 0.25) is 0 Å². The molecule has 1 amide bonds. The zero-order valence-electron chi connectivity index (χ0n) is 20.3. The van der Waals surface area contributed by atoms with Gasteiger partial charge in [-0.25, -0.2) is 0 Å². The molecule has 1 heterocycles. The Bertz CT molecular complexity index is 1170. The average molecular weight is 472 g/mol. The quantitative estimate of drug-likeness (QED) is 0.356. The fraction of sp³-hybridized carbons (Fsp3) is 0.310. The highest BCUT2D eigenvalue weighted by Crippen LogP contribution is 2.41. The van der Waals surface area contributed by atoms with Crippen molar-refractivity contribution in [2.75, 3.05) is 19.6 Å². The molecule has 1 aliphatic rings. The van der Waals surface area contributed by atoms with Gasteiger partial charge in [0.1, 0.15) is 0 Å². The lowest BCUT2D eigenvalue weighted by atomic mass is 10.0. The second-order valence-corrected chi connectivity index (χ2v) is 9.74. The lowest BCUT2D eigenvalue weighted by Gasteiger charge is -2.20. The van der Waals surface area contributed by atoms with Crippen LogP contribution in [0.25, 0.3) is 0 Å². The molecule has 0 saturated carbocycles. The third-order valence-corrected chi connectivity index (χ3v) is 7.25. The summed E-state index contributed by atoms with van der Waals surface area (Å²) in [5.74, 6) is -0.0373. The molecule has 5 heteroatoms. The van der Waals surface area contributed by atoms with E-state index in [4.69, 9.17) is 4.99 Å². The van der Waals surface area contributed by atoms with Crippen LogP contribution in [0, 0.1) is 6.92 Å². The Balaban J connectivity index is 1.37. The van der Waals surface area contributed by atoms with Crippen LogP contribution in [-0.4, -0.2) is 36.2 Å². The summed E-state index contributed by atoms with van der Waals surface area (Å²) in [6.07, 6.45) is 1.77. The van der Waals surface area contributed by atoms with Crippen LogP contribution in [0.4, 0.5) is 5.69 Å². The van der Waals surface area contributed by atoms with Crippen molar-refractivity contribution in [1.82, 2.24) is 10.2 Å². The van der Waals surface area contributed by atoms with Gasteiger partial charge in [-0.3, -0.25) is 14.7 Å². The lowest BCUT2D eigenvalue weighted by molar-refractivity contribution is 0.0951.